The lowest BCUT2D eigenvalue weighted by Crippen LogP contribution is -2.08. The number of nitrogens with two attached hydrogens (primary N) is 1. The fraction of sp³-hybridized carbons (Fsp3) is 0.500. The molecule has 1 atom stereocenters. The van der Waals surface area contributed by atoms with Crippen LogP contribution < -0.4 is 5.73 Å². The highest BCUT2D eigenvalue weighted by atomic mass is 35.5. The molecular formula is C6H11ClN2O. The molecule has 10 heavy (non-hydrogen) atoms. The Labute approximate surface area is 66.0 Å². The van der Waals surface area contributed by atoms with Crippen LogP contribution in [0, 0.1) is 0 Å². The fourth-order valence-electron chi connectivity index (χ4n) is 0.622. The SMILES string of the molecule is CCC(N)c1ccon1.Cl. The summed E-state index contributed by atoms with van der Waals surface area (Å²) in [6, 6.07) is 1.82. The number of nitrogens with zero attached hydrogens (tertiary/aromatic N) is 1. The Morgan fingerprint density at radius 1 is 1.80 bits per heavy atom. The van der Waals surface area contributed by atoms with Gasteiger partial charge in [0.25, 0.3) is 0 Å². The van der Waals surface area contributed by atoms with Gasteiger partial charge in [0.15, 0.2) is 0 Å². The van der Waals surface area contributed by atoms with Crippen LogP contribution in [-0.4, -0.2) is 5.16 Å². The molecule has 1 aromatic rings. The molecule has 0 saturated carbocycles. The van der Waals surface area contributed by atoms with Crippen LogP contribution in [0.1, 0.15) is 25.1 Å². The van der Waals surface area contributed by atoms with Crippen molar-refractivity contribution >= 4 is 12.4 Å². The van der Waals surface area contributed by atoms with Crippen molar-refractivity contribution in [2.24, 2.45) is 5.73 Å². The second-order valence-corrected chi connectivity index (χ2v) is 1.94. The Morgan fingerprint density at radius 3 is 2.90 bits per heavy atom. The summed E-state index contributed by atoms with van der Waals surface area (Å²) in [4.78, 5) is 0. The van der Waals surface area contributed by atoms with Crippen LogP contribution in [0.15, 0.2) is 16.9 Å². The number of rotatable bonds is 2. The molecule has 0 spiro atoms. The third-order valence-corrected chi connectivity index (χ3v) is 1.28. The minimum Gasteiger partial charge on any atom is -0.364 e. The Hall–Kier alpha value is -0.540. The molecule has 0 radical (unpaired) electrons. The van der Waals surface area contributed by atoms with E-state index >= 15 is 0 Å². The van der Waals surface area contributed by atoms with E-state index in [2.05, 4.69) is 9.68 Å². The first kappa shape index (κ1) is 9.46. The van der Waals surface area contributed by atoms with Gasteiger partial charge in [0.1, 0.15) is 12.0 Å². The van der Waals surface area contributed by atoms with E-state index in [-0.39, 0.29) is 18.4 Å². The zero-order valence-corrected chi connectivity index (χ0v) is 6.60. The molecule has 1 rings (SSSR count). The average molecular weight is 163 g/mol. The van der Waals surface area contributed by atoms with E-state index < -0.39 is 0 Å². The highest BCUT2D eigenvalue weighted by molar-refractivity contribution is 5.85. The van der Waals surface area contributed by atoms with E-state index in [0.717, 1.165) is 12.1 Å². The maximum atomic E-state index is 5.62. The third-order valence-electron chi connectivity index (χ3n) is 1.28. The normalized spacial score (nSPS) is 12.2. The Bertz CT molecular complexity index is 164. The molecule has 4 heteroatoms. The Balaban J connectivity index is 0.000000810. The third kappa shape index (κ3) is 2.01. The van der Waals surface area contributed by atoms with Gasteiger partial charge in [0, 0.05) is 6.07 Å². The zero-order chi connectivity index (χ0) is 6.69. The molecule has 1 unspecified atom stereocenters. The van der Waals surface area contributed by atoms with Gasteiger partial charge < -0.3 is 10.3 Å². The summed E-state index contributed by atoms with van der Waals surface area (Å²) < 4.78 is 4.61. The van der Waals surface area contributed by atoms with E-state index in [1.165, 1.54) is 6.26 Å². The molecule has 0 aliphatic heterocycles. The van der Waals surface area contributed by atoms with Crippen molar-refractivity contribution in [2.75, 3.05) is 0 Å². The zero-order valence-electron chi connectivity index (χ0n) is 5.78. The van der Waals surface area contributed by atoms with Crippen LogP contribution >= 0.6 is 12.4 Å². The highest BCUT2D eigenvalue weighted by Gasteiger charge is 2.04. The quantitative estimate of drug-likeness (QED) is 0.717. The smallest absolute Gasteiger partial charge is 0.124 e. The molecule has 0 aromatic carbocycles. The maximum absolute atomic E-state index is 5.62. The molecule has 0 fully saturated rings. The van der Waals surface area contributed by atoms with E-state index in [1.54, 1.807) is 6.07 Å². The van der Waals surface area contributed by atoms with Crippen molar-refractivity contribution in [2.45, 2.75) is 19.4 Å². The summed E-state index contributed by atoms with van der Waals surface area (Å²) in [7, 11) is 0. The van der Waals surface area contributed by atoms with Crippen molar-refractivity contribution in [1.82, 2.24) is 5.16 Å². The summed E-state index contributed by atoms with van der Waals surface area (Å²) in [5.41, 5.74) is 6.45. The fourth-order valence-corrected chi connectivity index (χ4v) is 0.622. The summed E-state index contributed by atoms with van der Waals surface area (Å²) in [5, 5.41) is 3.69. The van der Waals surface area contributed by atoms with Crippen molar-refractivity contribution in [3.8, 4) is 0 Å². The van der Waals surface area contributed by atoms with Crippen LogP contribution in [0.5, 0.6) is 0 Å². The van der Waals surface area contributed by atoms with Gasteiger partial charge in [0.2, 0.25) is 0 Å². The van der Waals surface area contributed by atoms with E-state index in [1.807, 2.05) is 6.92 Å². The van der Waals surface area contributed by atoms with Crippen molar-refractivity contribution < 1.29 is 4.52 Å². The standard InChI is InChI=1S/C6H10N2O.ClH/c1-2-5(7)6-3-4-9-8-6;/h3-5H,2,7H2,1H3;1H. The van der Waals surface area contributed by atoms with Gasteiger partial charge in [-0.25, -0.2) is 0 Å². The predicted octanol–water partition coefficient (Wildman–Crippen LogP) is 1.51. The van der Waals surface area contributed by atoms with Crippen LogP contribution in [0.3, 0.4) is 0 Å². The van der Waals surface area contributed by atoms with Crippen LogP contribution in [0.2, 0.25) is 0 Å². The van der Waals surface area contributed by atoms with Gasteiger partial charge in [-0.15, -0.1) is 12.4 Å². The molecule has 0 aliphatic carbocycles. The predicted molar refractivity (Wildman–Crippen MR) is 41.0 cm³/mol. The van der Waals surface area contributed by atoms with E-state index in [9.17, 15) is 0 Å². The maximum Gasteiger partial charge on any atom is 0.124 e. The van der Waals surface area contributed by atoms with Gasteiger partial charge in [-0.2, -0.15) is 0 Å². The van der Waals surface area contributed by atoms with Gasteiger partial charge in [-0.3, -0.25) is 0 Å². The first-order valence-electron chi connectivity index (χ1n) is 3.00. The van der Waals surface area contributed by atoms with Gasteiger partial charge >= 0.3 is 0 Å². The molecule has 58 valence electrons. The number of hydrogen-bond acceptors (Lipinski definition) is 3. The lowest BCUT2D eigenvalue weighted by atomic mass is 10.2. The topological polar surface area (TPSA) is 52.0 Å². The summed E-state index contributed by atoms with van der Waals surface area (Å²) in [6.45, 7) is 2.01. The van der Waals surface area contributed by atoms with E-state index in [4.69, 9.17) is 5.73 Å². The van der Waals surface area contributed by atoms with E-state index in [0.29, 0.717) is 0 Å². The molecule has 1 aromatic heterocycles. The van der Waals surface area contributed by atoms with Crippen molar-refractivity contribution in [3.63, 3.8) is 0 Å². The molecular weight excluding hydrogens is 152 g/mol. The number of aromatic nitrogens is 1. The highest BCUT2D eigenvalue weighted by Crippen LogP contribution is 2.08. The molecule has 0 saturated heterocycles. The van der Waals surface area contributed by atoms with Crippen LogP contribution in [0.4, 0.5) is 0 Å². The molecule has 0 bridgehead atoms. The lowest BCUT2D eigenvalue weighted by molar-refractivity contribution is 0.404. The second-order valence-electron chi connectivity index (χ2n) is 1.94. The number of hydrogen-bond donors (Lipinski definition) is 1. The Morgan fingerprint density at radius 2 is 2.50 bits per heavy atom. The molecule has 0 aliphatic rings. The van der Waals surface area contributed by atoms with Gasteiger partial charge in [-0.05, 0) is 6.42 Å². The molecule has 1 heterocycles. The second kappa shape index (κ2) is 4.30. The first-order chi connectivity index (χ1) is 4.34. The summed E-state index contributed by atoms with van der Waals surface area (Å²) in [6.07, 6.45) is 2.43. The minimum atomic E-state index is 0. The Kier molecular flexibility index (Phi) is 4.07. The average Bonchev–Trinajstić information content (AvgIpc) is 2.37. The van der Waals surface area contributed by atoms with Crippen molar-refractivity contribution in [3.05, 3.63) is 18.0 Å². The molecule has 3 nitrogen and oxygen atoms in total. The van der Waals surface area contributed by atoms with Gasteiger partial charge in [0.05, 0.1) is 6.04 Å². The molecule has 2 N–H and O–H groups in total. The minimum absolute atomic E-state index is 0. The summed E-state index contributed by atoms with van der Waals surface area (Å²) in [5.74, 6) is 0. The molecule has 0 amide bonds. The van der Waals surface area contributed by atoms with Gasteiger partial charge in [-0.1, -0.05) is 12.1 Å². The largest absolute Gasteiger partial charge is 0.364 e. The first-order valence-corrected chi connectivity index (χ1v) is 3.00. The monoisotopic (exact) mass is 162 g/mol. The van der Waals surface area contributed by atoms with Crippen LogP contribution in [0.25, 0.3) is 0 Å². The number of halogens is 1. The lowest BCUT2D eigenvalue weighted by Gasteiger charge is -2.00. The van der Waals surface area contributed by atoms with Crippen LogP contribution in [-0.2, 0) is 0 Å². The van der Waals surface area contributed by atoms with Crippen molar-refractivity contribution in [1.29, 1.82) is 0 Å². The summed E-state index contributed by atoms with van der Waals surface area (Å²) >= 11 is 0.